The van der Waals surface area contributed by atoms with Crippen LogP contribution in [0.5, 0.6) is 11.5 Å². The van der Waals surface area contributed by atoms with Gasteiger partial charge in [-0.2, -0.15) is 0 Å². The molecule has 0 aliphatic carbocycles. The number of carbonyl (C=O) groups is 1. The van der Waals surface area contributed by atoms with Crippen LogP contribution in [-0.2, 0) is 16.1 Å². The van der Waals surface area contributed by atoms with Crippen LogP contribution in [-0.4, -0.2) is 39.4 Å². The minimum atomic E-state index is -0.533. The summed E-state index contributed by atoms with van der Waals surface area (Å²) in [5.41, 5.74) is 6.13. The summed E-state index contributed by atoms with van der Waals surface area (Å²) in [6, 6.07) is 3.80. The lowest BCUT2D eigenvalue weighted by atomic mass is 10.2. The van der Waals surface area contributed by atoms with Gasteiger partial charge in [-0.15, -0.1) is 12.4 Å². The molecule has 1 amide bonds. The van der Waals surface area contributed by atoms with Crippen LogP contribution in [0.3, 0.4) is 0 Å². The van der Waals surface area contributed by atoms with E-state index >= 15 is 0 Å². The molecule has 23 heavy (non-hydrogen) atoms. The van der Waals surface area contributed by atoms with E-state index in [1.165, 1.54) is 0 Å². The van der Waals surface area contributed by atoms with Crippen molar-refractivity contribution < 1.29 is 19.0 Å². The summed E-state index contributed by atoms with van der Waals surface area (Å²) in [6.07, 6.45) is 0.964. The number of amides is 1. The number of halogens is 2. The van der Waals surface area contributed by atoms with Gasteiger partial charge in [0.15, 0.2) is 18.1 Å². The van der Waals surface area contributed by atoms with Gasteiger partial charge in [-0.05, 0) is 53.5 Å². The molecule has 0 fully saturated rings. The molecule has 132 valence electrons. The fourth-order valence-electron chi connectivity index (χ4n) is 1.83. The number of primary amides is 1. The van der Waals surface area contributed by atoms with E-state index in [-0.39, 0.29) is 19.0 Å². The van der Waals surface area contributed by atoms with Crippen LogP contribution in [0.2, 0.25) is 0 Å². The molecular formula is C15H24BrClN2O4. The van der Waals surface area contributed by atoms with Gasteiger partial charge in [0.2, 0.25) is 0 Å². The molecule has 1 rings (SSSR count). The number of nitrogens with one attached hydrogen (secondary N) is 1. The number of hydrogen-bond donors (Lipinski definition) is 2. The minimum absolute atomic E-state index is 0. The molecule has 0 heterocycles. The van der Waals surface area contributed by atoms with E-state index < -0.39 is 5.91 Å². The van der Waals surface area contributed by atoms with E-state index in [4.69, 9.17) is 19.9 Å². The molecular weight excluding hydrogens is 388 g/mol. The van der Waals surface area contributed by atoms with Gasteiger partial charge in [0.1, 0.15) is 0 Å². The topological polar surface area (TPSA) is 82.8 Å². The standard InChI is InChI=1S/C15H23BrN2O4.ClH/c1-3-21-6-4-5-18-9-11-7-12(16)15(13(8-11)20-2)22-10-14(17)19;/h7-8,18H,3-6,9-10H2,1-2H3,(H2,17,19);1H. The normalized spacial score (nSPS) is 10.0. The lowest BCUT2D eigenvalue weighted by Crippen LogP contribution is -2.20. The number of rotatable bonds is 11. The predicted molar refractivity (Wildman–Crippen MR) is 95.4 cm³/mol. The summed E-state index contributed by atoms with van der Waals surface area (Å²) < 4.78 is 16.7. The van der Waals surface area contributed by atoms with Crippen molar-refractivity contribution in [3.05, 3.63) is 22.2 Å². The fraction of sp³-hybridized carbons (Fsp3) is 0.533. The van der Waals surface area contributed by atoms with Crippen molar-refractivity contribution >= 4 is 34.2 Å². The van der Waals surface area contributed by atoms with Gasteiger partial charge >= 0.3 is 0 Å². The molecule has 0 saturated carbocycles. The second kappa shape index (κ2) is 12.4. The van der Waals surface area contributed by atoms with Crippen molar-refractivity contribution in [2.75, 3.05) is 33.5 Å². The second-order valence-electron chi connectivity index (χ2n) is 4.59. The molecule has 6 nitrogen and oxygen atoms in total. The number of carbonyl (C=O) groups excluding carboxylic acids is 1. The van der Waals surface area contributed by atoms with Crippen molar-refractivity contribution in [3.63, 3.8) is 0 Å². The van der Waals surface area contributed by atoms with Gasteiger partial charge in [-0.25, -0.2) is 0 Å². The summed E-state index contributed by atoms with van der Waals surface area (Å²) in [5, 5.41) is 3.34. The van der Waals surface area contributed by atoms with E-state index in [0.29, 0.717) is 18.0 Å². The Bertz CT molecular complexity index is 489. The molecule has 3 N–H and O–H groups in total. The van der Waals surface area contributed by atoms with Gasteiger partial charge in [0, 0.05) is 19.8 Å². The molecule has 1 aromatic carbocycles. The average Bonchev–Trinajstić information content (AvgIpc) is 2.48. The largest absolute Gasteiger partial charge is 0.493 e. The SMILES string of the molecule is CCOCCCNCc1cc(Br)c(OCC(N)=O)c(OC)c1.Cl. The maximum Gasteiger partial charge on any atom is 0.255 e. The van der Waals surface area contributed by atoms with E-state index in [1.54, 1.807) is 7.11 Å². The Morgan fingerprint density at radius 3 is 2.74 bits per heavy atom. The third-order valence-corrected chi connectivity index (χ3v) is 3.41. The van der Waals surface area contributed by atoms with Gasteiger partial charge in [0.05, 0.1) is 11.6 Å². The number of hydrogen-bond acceptors (Lipinski definition) is 5. The molecule has 0 unspecified atom stereocenters. The van der Waals surface area contributed by atoms with Crippen LogP contribution >= 0.6 is 28.3 Å². The first-order valence-electron chi connectivity index (χ1n) is 7.14. The zero-order chi connectivity index (χ0) is 16.4. The van der Waals surface area contributed by atoms with Crippen molar-refractivity contribution in [1.82, 2.24) is 5.32 Å². The molecule has 0 bridgehead atoms. The van der Waals surface area contributed by atoms with Crippen LogP contribution in [0, 0.1) is 0 Å². The summed E-state index contributed by atoms with van der Waals surface area (Å²) in [6.45, 7) is 4.88. The Morgan fingerprint density at radius 1 is 1.39 bits per heavy atom. The molecule has 0 atom stereocenters. The van der Waals surface area contributed by atoms with E-state index in [0.717, 1.165) is 36.2 Å². The zero-order valence-corrected chi connectivity index (χ0v) is 15.8. The highest BCUT2D eigenvalue weighted by molar-refractivity contribution is 9.10. The zero-order valence-electron chi connectivity index (χ0n) is 13.4. The molecule has 0 aromatic heterocycles. The van der Waals surface area contributed by atoms with Gasteiger partial charge in [-0.3, -0.25) is 4.79 Å². The number of ether oxygens (including phenoxy) is 3. The highest BCUT2D eigenvalue weighted by Gasteiger charge is 2.12. The van der Waals surface area contributed by atoms with E-state index in [1.807, 2.05) is 19.1 Å². The second-order valence-corrected chi connectivity index (χ2v) is 5.45. The maximum atomic E-state index is 10.8. The lowest BCUT2D eigenvalue weighted by molar-refractivity contribution is -0.119. The third-order valence-electron chi connectivity index (χ3n) is 2.82. The molecule has 0 saturated heterocycles. The quantitative estimate of drug-likeness (QED) is 0.546. The first-order valence-corrected chi connectivity index (χ1v) is 7.93. The maximum absolute atomic E-state index is 10.8. The van der Waals surface area contributed by atoms with Crippen LogP contribution in [0.1, 0.15) is 18.9 Å². The molecule has 0 radical (unpaired) electrons. The summed E-state index contributed by atoms with van der Waals surface area (Å²) in [5.74, 6) is 0.497. The Labute approximate surface area is 151 Å². The summed E-state index contributed by atoms with van der Waals surface area (Å²) in [7, 11) is 1.55. The lowest BCUT2D eigenvalue weighted by Gasteiger charge is -2.14. The van der Waals surface area contributed by atoms with Crippen LogP contribution < -0.4 is 20.5 Å². The van der Waals surface area contributed by atoms with Gasteiger partial charge in [-0.1, -0.05) is 0 Å². The van der Waals surface area contributed by atoms with Crippen molar-refractivity contribution in [3.8, 4) is 11.5 Å². The number of nitrogens with two attached hydrogens (primary N) is 1. The molecule has 8 heteroatoms. The summed E-state index contributed by atoms with van der Waals surface area (Å²) in [4.78, 5) is 10.8. The highest BCUT2D eigenvalue weighted by Crippen LogP contribution is 2.36. The summed E-state index contributed by atoms with van der Waals surface area (Å²) >= 11 is 3.43. The monoisotopic (exact) mass is 410 g/mol. The Morgan fingerprint density at radius 2 is 2.13 bits per heavy atom. The van der Waals surface area contributed by atoms with Crippen LogP contribution in [0.25, 0.3) is 0 Å². The van der Waals surface area contributed by atoms with Gasteiger partial charge < -0.3 is 25.3 Å². The van der Waals surface area contributed by atoms with Gasteiger partial charge in [0.25, 0.3) is 5.91 Å². The van der Waals surface area contributed by atoms with Crippen LogP contribution in [0.15, 0.2) is 16.6 Å². The first kappa shape index (κ1) is 22.0. The fourth-order valence-corrected chi connectivity index (χ4v) is 2.44. The Balaban J connectivity index is 0.00000484. The molecule has 0 aliphatic rings. The molecule has 0 spiro atoms. The average molecular weight is 412 g/mol. The Kier molecular flexibility index (Phi) is 11.9. The number of methoxy groups -OCH3 is 1. The Hall–Kier alpha value is -1.02. The predicted octanol–water partition coefficient (Wildman–Crippen LogP) is 2.26. The first-order chi connectivity index (χ1) is 10.6. The highest BCUT2D eigenvalue weighted by atomic mass is 79.9. The van der Waals surface area contributed by atoms with Crippen molar-refractivity contribution in [2.45, 2.75) is 19.9 Å². The minimum Gasteiger partial charge on any atom is -0.493 e. The van der Waals surface area contributed by atoms with E-state index in [9.17, 15) is 4.79 Å². The molecule has 1 aromatic rings. The third kappa shape index (κ3) is 8.41. The van der Waals surface area contributed by atoms with Crippen molar-refractivity contribution in [1.29, 1.82) is 0 Å². The van der Waals surface area contributed by atoms with Crippen molar-refractivity contribution in [2.24, 2.45) is 5.73 Å². The molecule has 0 aliphatic heterocycles. The number of benzene rings is 1. The smallest absolute Gasteiger partial charge is 0.255 e. The van der Waals surface area contributed by atoms with E-state index in [2.05, 4.69) is 21.2 Å². The van der Waals surface area contributed by atoms with Crippen LogP contribution in [0.4, 0.5) is 0 Å².